The molecule has 0 unspecified atom stereocenters. The molecular weight excluding hydrogens is 262 g/mol. The predicted molar refractivity (Wildman–Crippen MR) is 80.3 cm³/mol. The second-order valence-corrected chi connectivity index (χ2v) is 11.7. The van der Waals surface area contributed by atoms with E-state index in [1.165, 1.54) is 11.3 Å². The van der Waals surface area contributed by atoms with Gasteiger partial charge < -0.3 is 9.41 Å². The molecule has 2 rings (SSSR count). The molecule has 2 aromatic rings. The lowest BCUT2D eigenvalue weighted by Gasteiger charge is -2.36. The fourth-order valence-corrected chi connectivity index (χ4v) is 3.24. The van der Waals surface area contributed by atoms with Crippen LogP contribution < -0.4 is 9.30 Å². The van der Waals surface area contributed by atoms with Crippen LogP contribution in [0.2, 0.25) is 18.1 Å². The van der Waals surface area contributed by atoms with Crippen molar-refractivity contribution >= 4 is 29.9 Å². The zero-order chi connectivity index (χ0) is 13.6. The standard InChI is InChI=1S/C13H19NO2SSi/c1-13(2,3)18(4,5)16-9-7-6-8-10-11(9)14-12(15)17-10/h6-8H,1-5H3,(H,14,15). The maximum Gasteiger partial charge on any atom is 0.305 e. The first kappa shape index (κ1) is 13.4. The van der Waals surface area contributed by atoms with Crippen molar-refractivity contribution in [2.45, 2.75) is 38.9 Å². The van der Waals surface area contributed by atoms with E-state index in [0.29, 0.717) is 0 Å². The van der Waals surface area contributed by atoms with E-state index in [4.69, 9.17) is 4.43 Å². The van der Waals surface area contributed by atoms with Crippen LogP contribution in [-0.4, -0.2) is 13.3 Å². The Kier molecular flexibility index (Phi) is 3.15. The zero-order valence-electron chi connectivity index (χ0n) is 11.5. The van der Waals surface area contributed by atoms with E-state index in [1.54, 1.807) is 0 Å². The molecule has 0 amide bonds. The number of aromatic nitrogens is 1. The van der Waals surface area contributed by atoms with E-state index in [0.717, 1.165) is 16.0 Å². The van der Waals surface area contributed by atoms with E-state index in [-0.39, 0.29) is 9.91 Å². The van der Waals surface area contributed by atoms with Gasteiger partial charge in [0.15, 0.2) is 0 Å². The maximum atomic E-state index is 11.4. The molecule has 18 heavy (non-hydrogen) atoms. The number of thiazole rings is 1. The minimum atomic E-state index is -1.87. The first-order chi connectivity index (χ1) is 8.21. The number of hydrogen-bond acceptors (Lipinski definition) is 3. The first-order valence-electron chi connectivity index (χ1n) is 6.01. The number of nitrogens with one attached hydrogen (secondary N) is 1. The summed E-state index contributed by atoms with van der Waals surface area (Å²) < 4.78 is 7.22. The Balaban J connectivity index is 2.47. The highest BCUT2D eigenvalue weighted by Crippen LogP contribution is 2.38. The lowest BCUT2D eigenvalue weighted by Crippen LogP contribution is -2.43. The Bertz CT molecular complexity index is 622. The van der Waals surface area contributed by atoms with Crippen LogP contribution in [0.5, 0.6) is 5.75 Å². The predicted octanol–water partition coefficient (Wildman–Crippen LogP) is 3.97. The lowest BCUT2D eigenvalue weighted by molar-refractivity contribution is 0.496. The molecule has 0 aliphatic rings. The molecule has 0 fully saturated rings. The highest BCUT2D eigenvalue weighted by Gasteiger charge is 2.39. The van der Waals surface area contributed by atoms with Crippen molar-refractivity contribution in [3.63, 3.8) is 0 Å². The molecule has 1 heterocycles. The molecule has 5 heteroatoms. The van der Waals surface area contributed by atoms with Gasteiger partial charge in [-0.05, 0) is 30.3 Å². The second kappa shape index (κ2) is 4.24. The van der Waals surface area contributed by atoms with Crippen molar-refractivity contribution in [3.8, 4) is 5.75 Å². The van der Waals surface area contributed by atoms with Gasteiger partial charge in [-0.1, -0.05) is 38.2 Å². The molecule has 3 nitrogen and oxygen atoms in total. The van der Waals surface area contributed by atoms with Gasteiger partial charge in [-0.3, -0.25) is 4.79 Å². The minimum absolute atomic E-state index is 0.0312. The minimum Gasteiger partial charge on any atom is -0.542 e. The first-order valence-corrected chi connectivity index (χ1v) is 9.74. The number of H-pyrrole nitrogens is 1. The normalized spacial score (nSPS) is 12.9. The molecule has 0 saturated heterocycles. The topological polar surface area (TPSA) is 42.1 Å². The van der Waals surface area contributed by atoms with Crippen LogP contribution >= 0.6 is 11.3 Å². The summed E-state index contributed by atoms with van der Waals surface area (Å²) in [6, 6.07) is 5.82. The van der Waals surface area contributed by atoms with Gasteiger partial charge in [0.05, 0.1) is 4.70 Å². The monoisotopic (exact) mass is 281 g/mol. The Labute approximate surface area is 112 Å². The fourth-order valence-electron chi connectivity index (χ4n) is 1.46. The molecule has 0 radical (unpaired) electrons. The van der Waals surface area contributed by atoms with Gasteiger partial charge >= 0.3 is 4.87 Å². The van der Waals surface area contributed by atoms with Crippen LogP contribution in [0.4, 0.5) is 0 Å². The van der Waals surface area contributed by atoms with E-state index in [9.17, 15) is 4.79 Å². The van der Waals surface area contributed by atoms with Crippen molar-refractivity contribution in [2.24, 2.45) is 0 Å². The van der Waals surface area contributed by atoms with Crippen LogP contribution in [0.3, 0.4) is 0 Å². The van der Waals surface area contributed by atoms with E-state index in [2.05, 4.69) is 38.8 Å². The summed E-state index contributed by atoms with van der Waals surface area (Å²) in [7, 11) is -1.87. The third-order valence-electron chi connectivity index (χ3n) is 3.59. The largest absolute Gasteiger partial charge is 0.542 e. The Morgan fingerprint density at radius 1 is 1.28 bits per heavy atom. The molecular formula is C13H19NO2SSi. The van der Waals surface area contributed by atoms with Gasteiger partial charge in [0.25, 0.3) is 8.32 Å². The number of aromatic amines is 1. The highest BCUT2D eigenvalue weighted by molar-refractivity contribution is 7.16. The number of fused-ring (bicyclic) bond motifs is 1. The quantitative estimate of drug-likeness (QED) is 0.846. The molecule has 0 aliphatic carbocycles. The van der Waals surface area contributed by atoms with Crippen molar-refractivity contribution in [1.29, 1.82) is 0 Å². The Morgan fingerprint density at radius 3 is 2.56 bits per heavy atom. The van der Waals surface area contributed by atoms with Crippen molar-refractivity contribution in [3.05, 3.63) is 27.9 Å². The van der Waals surface area contributed by atoms with Gasteiger partial charge in [0, 0.05) is 0 Å². The number of benzene rings is 1. The van der Waals surface area contributed by atoms with Crippen LogP contribution in [-0.2, 0) is 0 Å². The molecule has 0 saturated carbocycles. The third kappa shape index (κ3) is 2.37. The van der Waals surface area contributed by atoms with Crippen molar-refractivity contribution in [1.82, 2.24) is 4.98 Å². The summed E-state index contributed by atoms with van der Waals surface area (Å²) in [4.78, 5) is 14.3. The highest BCUT2D eigenvalue weighted by atomic mass is 32.1. The van der Waals surface area contributed by atoms with Gasteiger partial charge in [0.2, 0.25) is 0 Å². The van der Waals surface area contributed by atoms with Crippen LogP contribution in [0, 0.1) is 0 Å². The van der Waals surface area contributed by atoms with Crippen molar-refractivity contribution in [2.75, 3.05) is 0 Å². The molecule has 0 spiro atoms. The summed E-state index contributed by atoms with van der Waals surface area (Å²) >= 11 is 1.22. The van der Waals surface area contributed by atoms with Gasteiger partial charge in [-0.15, -0.1) is 0 Å². The molecule has 0 bridgehead atoms. The Hall–Kier alpha value is -1.07. The maximum absolute atomic E-state index is 11.4. The lowest BCUT2D eigenvalue weighted by atomic mass is 10.2. The van der Waals surface area contributed by atoms with E-state index >= 15 is 0 Å². The third-order valence-corrected chi connectivity index (χ3v) is 8.78. The van der Waals surface area contributed by atoms with Crippen LogP contribution in [0.15, 0.2) is 23.0 Å². The molecule has 1 aromatic heterocycles. The SMILES string of the molecule is CC(C)(C)[Si](C)(C)Oc1cccc2sc(=O)[nH]c12. The van der Waals surface area contributed by atoms with Crippen LogP contribution in [0.1, 0.15) is 20.8 Å². The molecule has 98 valence electrons. The summed E-state index contributed by atoms with van der Waals surface area (Å²) in [5.41, 5.74) is 0.831. The average molecular weight is 281 g/mol. The zero-order valence-corrected chi connectivity index (χ0v) is 13.3. The van der Waals surface area contributed by atoms with E-state index < -0.39 is 8.32 Å². The number of hydrogen-bond donors (Lipinski definition) is 1. The summed E-state index contributed by atoms with van der Waals surface area (Å²) in [6.45, 7) is 11.0. The van der Waals surface area contributed by atoms with E-state index in [1.807, 2.05) is 18.2 Å². The van der Waals surface area contributed by atoms with Crippen LogP contribution in [0.25, 0.3) is 10.2 Å². The fraction of sp³-hybridized carbons (Fsp3) is 0.462. The second-order valence-electron chi connectivity index (χ2n) is 6.01. The van der Waals surface area contributed by atoms with Crippen molar-refractivity contribution < 1.29 is 4.43 Å². The summed E-state index contributed by atoms with van der Waals surface area (Å²) in [5.74, 6) is 0.803. The van der Waals surface area contributed by atoms with Gasteiger partial charge in [-0.25, -0.2) is 0 Å². The van der Waals surface area contributed by atoms with Gasteiger partial charge in [-0.2, -0.15) is 0 Å². The Morgan fingerprint density at radius 2 is 1.94 bits per heavy atom. The summed E-state index contributed by atoms with van der Waals surface area (Å²) in [6.07, 6.45) is 0. The molecule has 1 aromatic carbocycles. The molecule has 0 atom stereocenters. The number of para-hydroxylation sites is 1. The average Bonchev–Trinajstić information content (AvgIpc) is 2.57. The number of rotatable bonds is 2. The summed E-state index contributed by atoms with van der Waals surface area (Å²) in [5, 5.41) is 0.144. The van der Waals surface area contributed by atoms with Gasteiger partial charge in [0.1, 0.15) is 11.3 Å². The molecule has 1 N–H and O–H groups in total. The smallest absolute Gasteiger partial charge is 0.305 e. The molecule has 0 aliphatic heterocycles.